The summed E-state index contributed by atoms with van der Waals surface area (Å²) in [6.45, 7) is -2.81. The molecule has 1 spiro atoms. The van der Waals surface area contributed by atoms with E-state index in [9.17, 15) is 14.6 Å². The Hall–Kier alpha value is -2.19. The van der Waals surface area contributed by atoms with Crippen LogP contribution >= 0.6 is 0 Å². The third-order valence-corrected chi connectivity index (χ3v) is 4.29. The lowest BCUT2D eigenvalue weighted by Gasteiger charge is -2.50. The van der Waals surface area contributed by atoms with Crippen molar-refractivity contribution in [1.29, 1.82) is 0 Å². The molecule has 1 aromatic rings. The number of aromatic nitrogens is 2. The second kappa shape index (κ2) is 4.90. The maximum atomic E-state index is 15.7. The SMILES string of the molecule is C#C[C@@]1(F)[C@H](O)[C@](CO)(CF)OC[N+]12C=Nc1c(N)ncnc12. The summed E-state index contributed by atoms with van der Waals surface area (Å²) >= 11 is 0. The molecular formula is C13H14F2N5O3+. The van der Waals surface area contributed by atoms with E-state index in [0.29, 0.717) is 0 Å². The quantitative estimate of drug-likeness (QED) is 0.379. The average molecular weight is 326 g/mol. The summed E-state index contributed by atoms with van der Waals surface area (Å²) in [6, 6.07) is 0. The highest BCUT2D eigenvalue weighted by atomic mass is 19.1. The van der Waals surface area contributed by atoms with Gasteiger partial charge in [-0.3, -0.25) is 0 Å². The molecule has 4 atom stereocenters. The van der Waals surface area contributed by atoms with Crippen LogP contribution in [0.25, 0.3) is 0 Å². The molecule has 0 amide bonds. The topological polar surface area (TPSA) is 114 Å². The normalized spacial score (nSPS) is 38.5. The van der Waals surface area contributed by atoms with Crippen LogP contribution in [0, 0.1) is 12.3 Å². The molecular weight excluding hydrogens is 312 g/mol. The summed E-state index contributed by atoms with van der Waals surface area (Å²) in [7, 11) is 0. The van der Waals surface area contributed by atoms with Gasteiger partial charge in [0.05, 0.1) is 6.61 Å². The average Bonchev–Trinajstić information content (AvgIpc) is 2.96. The van der Waals surface area contributed by atoms with Crippen LogP contribution in [0.5, 0.6) is 0 Å². The van der Waals surface area contributed by atoms with Crippen molar-refractivity contribution in [3.05, 3.63) is 6.33 Å². The van der Waals surface area contributed by atoms with E-state index in [-0.39, 0.29) is 17.3 Å². The molecule has 0 radical (unpaired) electrons. The van der Waals surface area contributed by atoms with Crippen LogP contribution in [0.2, 0.25) is 0 Å². The molecule has 3 heterocycles. The Balaban J connectivity index is 2.20. The van der Waals surface area contributed by atoms with E-state index in [1.54, 1.807) is 0 Å². The number of rotatable bonds is 2. The van der Waals surface area contributed by atoms with E-state index in [1.165, 1.54) is 0 Å². The van der Waals surface area contributed by atoms with Crippen LogP contribution in [-0.2, 0) is 4.74 Å². The fourth-order valence-electron chi connectivity index (χ4n) is 2.79. The van der Waals surface area contributed by atoms with Gasteiger partial charge in [-0.15, -0.1) is 6.42 Å². The Morgan fingerprint density at radius 3 is 2.91 bits per heavy atom. The monoisotopic (exact) mass is 326 g/mol. The lowest BCUT2D eigenvalue weighted by atomic mass is 9.87. The number of terminal acetylenes is 1. The van der Waals surface area contributed by atoms with Gasteiger partial charge < -0.3 is 20.7 Å². The first-order valence-corrected chi connectivity index (χ1v) is 6.60. The summed E-state index contributed by atoms with van der Waals surface area (Å²) < 4.78 is 33.4. The molecule has 10 heteroatoms. The number of anilines is 1. The number of hydrogen-bond donors (Lipinski definition) is 3. The number of aliphatic hydroxyl groups excluding tert-OH is 2. The van der Waals surface area contributed by atoms with Crippen LogP contribution in [-0.4, -0.2) is 64.0 Å². The predicted octanol–water partition coefficient (Wildman–Crippen LogP) is -0.612. The summed E-state index contributed by atoms with van der Waals surface area (Å²) in [5.74, 6) is -1.03. The van der Waals surface area contributed by atoms with Gasteiger partial charge in [0.25, 0.3) is 5.82 Å². The van der Waals surface area contributed by atoms with Gasteiger partial charge in [-0.25, -0.2) is 9.37 Å². The standard InChI is InChI=1S/C13H14F2N5O3/c1-2-13(15)11(22)12(3-14,4-21)23-7-20(13)6-19-8-9(16)17-5-18-10(8)20/h1,5-6,11,21-22H,3-4,7H2,(H2,16,17,18)/q+1/t11-,12-,13+,20?/m1/s1. The van der Waals surface area contributed by atoms with E-state index in [4.69, 9.17) is 16.9 Å². The molecule has 122 valence electrons. The van der Waals surface area contributed by atoms with Crippen molar-refractivity contribution in [2.45, 2.75) is 17.5 Å². The number of fused-ring (bicyclic) bond motifs is 2. The van der Waals surface area contributed by atoms with Crippen LogP contribution < -0.4 is 10.2 Å². The van der Waals surface area contributed by atoms with Gasteiger partial charge in [0.15, 0.2) is 29.9 Å². The van der Waals surface area contributed by atoms with Gasteiger partial charge in [0.2, 0.25) is 6.34 Å². The zero-order chi connectivity index (χ0) is 16.9. The highest BCUT2D eigenvalue weighted by molar-refractivity contribution is 5.92. The summed E-state index contributed by atoms with van der Waals surface area (Å²) in [5, 5.41) is 19.7. The molecule has 1 fully saturated rings. The van der Waals surface area contributed by atoms with Crippen LogP contribution in [0.1, 0.15) is 0 Å². The van der Waals surface area contributed by atoms with Gasteiger partial charge in [-0.2, -0.15) is 18.8 Å². The first-order chi connectivity index (χ1) is 10.9. The number of quaternary nitrogens is 1. The molecule has 0 saturated carbocycles. The Kier molecular flexibility index (Phi) is 3.35. The fraction of sp³-hybridized carbons (Fsp3) is 0.462. The molecule has 0 aromatic carbocycles. The Morgan fingerprint density at radius 2 is 2.30 bits per heavy atom. The van der Waals surface area contributed by atoms with E-state index in [2.05, 4.69) is 15.0 Å². The number of nitrogens with zero attached hydrogens (tertiary/aromatic N) is 4. The molecule has 1 saturated heterocycles. The molecule has 8 nitrogen and oxygen atoms in total. The lowest BCUT2D eigenvalue weighted by molar-refractivity contribution is -0.264. The smallest absolute Gasteiger partial charge is 0.346 e. The minimum absolute atomic E-state index is 0.000373. The number of aliphatic imine (C=N–C) groups is 1. The molecule has 4 N–H and O–H groups in total. The second-order valence-electron chi connectivity index (χ2n) is 5.39. The lowest BCUT2D eigenvalue weighted by Crippen LogP contribution is -2.78. The number of aliphatic hydroxyl groups is 2. The summed E-state index contributed by atoms with van der Waals surface area (Å²) in [4.78, 5) is 11.7. The van der Waals surface area contributed by atoms with E-state index >= 15 is 4.39 Å². The van der Waals surface area contributed by atoms with Crippen molar-refractivity contribution in [2.24, 2.45) is 4.99 Å². The van der Waals surface area contributed by atoms with E-state index < -0.39 is 42.0 Å². The first-order valence-electron chi connectivity index (χ1n) is 6.60. The maximum Gasteiger partial charge on any atom is 0.346 e. The minimum Gasteiger partial charge on any atom is -0.393 e. The Bertz CT molecular complexity index is 720. The molecule has 2 aliphatic heterocycles. The number of halogens is 2. The van der Waals surface area contributed by atoms with Gasteiger partial charge in [0.1, 0.15) is 13.0 Å². The largest absolute Gasteiger partial charge is 0.393 e. The van der Waals surface area contributed by atoms with Crippen LogP contribution in [0.3, 0.4) is 0 Å². The van der Waals surface area contributed by atoms with Gasteiger partial charge in [-0.1, -0.05) is 0 Å². The van der Waals surface area contributed by atoms with Crippen molar-refractivity contribution in [1.82, 2.24) is 14.5 Å². The second-order valence-corrected chi connectivity index (χ2v) is 5.39. The summed E-state index contributed by atoms with van der Waals surface area (Å²) in [6.07, 6.45) is 5.32. The minimum atomic E-state index is -2.87. The Labute approximate surface area is 129 Å². The van der Waals surface area contributed by atoms with Crippen molar-refractivity contribution in [3.63, 3.8) is 0 Å². The molecule has 1 aromatic heterocycles. The van der Waals surface area contributed by atoms with Gasteiger partial charge in [0, 0.05) is 5.92 Å². The molecule has 23 heavy (non-hydrogen) atoms. The maximum absolute atomic E-state index is 15.7. The number of ether oxygens (including phenoxy) is 1. The van der Waals surface area contributed by atoms with Crippen LogP contribution in [0.4, 0.5) is 26.1 Å². The van der Waals surface area contributed by atoms with E-state index in [0.717, 1.165) is 12.7 Å². The number of nitrogen functional groups attached to an aromatic ring is 1. The van der Waals surface area contributed by atoms with Crippen molar-refractivity contribution >= 4 is 23.7 Å². The number of nitrogens with two attached hydrogens (primary N) is 1. The van der Waals surface area contributed by atoms with Crippen molar-refractivity contribution < 1.29 is 23.7 Å². The van der Waals surface area contributed by atoms with Gasteiger partial charge in [-0.05, 0) is 0 Å². The molecule has 2 aliphatic rings. The molecule has 1 unspecified atom stereocenters. The predicted molar refractivity (Wildman–Crippen MR) is 76.8 cm³/mol. The molecule has 0 aliphatic carbocycles. The highest BCUT2D eigenvalue weighted by Gasteiger charge is 2.71. The summed E-state index contributed by atoms with van der Waals surface area (Å²) in [5.41, 5.74) is 3.61. The first kappa shape index (κ1) is 15.7. The number of alkyl halides is 2. The van der Waals surface area contributed by atoms with Crippen LogP contribution in [0.15, 0.2) is 11.3 Å². The zero-order valence-corrected chi connectivity index (χ0v) is 11.9. The third-order valence-electron chi connectivity index (χ3n) is 4.29. The third kappa shape index (κ3) is 1.70. The van der Waals surface area contributed by atoms with Crippen molar-refractivity contribution in [2.75, 3.05) is 25.7 Å². The Morgan fingerprint density at radius 1 is 1.57 bits per heavy atom. The zero-order valence-electron chi connectivity index (χ0n) is 11.9. The van der Waals surface area contributed by atoms with Crippen molar-refractivity contribution in [3.8, 4) is 12.3 Å². The molecule has 0 bridgehead atoms. The number of hydrogen-bond acceptors (Lipinski definition) is 7. The highest BCUT2D eigenvalue weighted by Crippen LogP contribution is 2.50. The fourth-order valence-corrected chi connectivity index (χ4v) is 2.79. The van der Waals surface area contributed by atoms with E-state index in [1.807, 2.05) is 5.92 Å². The van der Waals surface area contributed by atoms with Gasteiger partial charge >= 0.3 is 5.79 Å². The molecule has 3 rings (SSSR count).